The molecule has 0 aliphatic heterocycles. The lowest BCUT2D eigenvalue weighted by molar-refractivity contribution is -0.143. The standard InChI is InChI=1S/C15H21F2NO3/c1-3-20-14(19)8-5-9-18-11(2)12-6-4-7-13(10-12)21-15(16)17/h4,6-7,10-11,15,18H,3,5,8-9H2,1-2H3. The summed E-state index contributed by atoms with van der Waals surface area (Å²) >= 11 is 0. The van der Waals surface area contributed by atoms with Crippen molar-refractivity contribution in [2.24, 2.45) is 0 Å². The summed E-state index contributed by atoms with van der Waals surface area (Å²) in [5.41, 5.74) is 0.851. The Morgan fingerprint density at radius 1 is 1.38 bits per heavy atom. The Balaban J connectivity index is 2.38. The smallest absolute Gasteiger partial charge is 0.387 e. The summed E-state index contributed by atoms with van der Waals surface area (Å²) in [4.78, 5) is 11.2. The molecule has 1 N–H and O–H groups in total. The van der Waals surface area contributed by atoms with E-state index >= 15 is 0 Å². The third-order valence-electron chi connectivity index (χ3n) is 2.90. The van der Waals surface area contributed by atoms with E-state index in [1.54, 1.807) is 19.1 Å². The topological polar surface area (TPSA) is 47.6 Å². The van der Waals surface area contributed by atoms with Gasteiger partial charge >= 0.3 is 12.6 Å². The number of carbonyl (C=O) groups excluding carboxylic acids is 1. The number of halogens is 2. The van der Waals surface area contributed by atoms with Gasteiger partial charge in [-0.1, -0.05) is 12.1 Å². The van der Waals surface area contributed by atoms with E-state index in [-0.39, 0.29) is 17.8 Å². The number of ether oxygens (including phenoxy) is 2. The van der Waals surface area contributed by atoms with Crippen LogP contribution in [0, 0.1) is 0 Å². The number of nitrogens with one attached hydrogen (secondary N) is 1. The highest BCUT2D eigenvalue weighted by molar-refractivity contribution is 5.69. The summed E-state index contributed by atoms with van der Waals surface area (Å²) in [6, 6.07) is 6.55. The zero-order valence-corrected chi connectivity index (χ0v) is 12.3. The fourth-order valence-corrected chi connectivity index (χ4v) is 1.86. The molecule has 0 bridgehead atoms. The van der Waals surface area contributed by atoms with Crippen LogP contribution in [0.4, 0.5) is 8.78 Å². The molecular weight excluding hydrogens is 280 g/mol. The summed E-state index contributed by atoms with van der Waals surface area (Å²) in [7, 11) is 0. The Hall–Kier alpha value is -1.69. The molecule has 6 heteroatoms. The Morgan fingerprint density at radius 3 is 2.81 bits per heavy atom. The Kier molecular flexibility index (Phi) is 7.68. The van der Waals surface area contributed by atoms with E-state index in [0.717, 1.165) is 5.56 Å². The van der Waals surface area contributed by atoms with Gasteiger partial charge in [0.15, 0.2) is 0 Å². The van der Waals surface area contributed by atoms with Gasteiger partial charge in [0.25, 0.3) is 0 Å². The number of alkyl halides is 2. The molecule has 0 amide bonds. The average Bonchev–Trinajstić information content (AvgIpc) is 2.43. The van der Waals surface area contributed by atoms with Crippen molar-refractivity contribution in [3.8, 4) is 5.75 Å². The predicted octanol–water partition coefficient (Wildman–Crippen LogP) is 3.28. The minimum Gasteiger partial charge on any atom is -0.466 e. The van der Waals surface area contributed by atoms with E-state index in [1.807, 2.05) is 13.0 Å². The van der Waals surface area contributed by atoms with Gasteiger partial charge in [0.2, 0.25) is 0 Å². The molecular formula is C15H21F2NO3. The van der Waals surface area contributed by atoms with Crippen molar-refractivity contribution in [1.82, 2.24) is 5.32 Å². The SMILES string of the molecule is CCOC(=O)CCCNC(C)c1cccc(OC(F)F)c1. The Morgan fingerprint density at radius 2 is 2.14 bits per heavy atom. The van der Waals surface area contributed by atoms with Gasteiger partial charge in [0.05, 0.1) is 6.61 Å². The summed E-state index contributed by atoms with van der Waals surface area (Å²) < 4.78 is 33.5. The molecule has 0 spiro atoms. The molecule has 1 atom stereocenters. The fraction of sp³-hybridized carbons (Fsp3) is 0.533. The van der Waals surface area contributed by atoms with E-state index in [1.165, 1.54) is 6.07 Å². The summed E-state index contributed by atoms with van der Waals surface area (Å²) in [6.45, 7) is 1.89. The van der Waals surface area contributed by atoms with Crippen LogP contribution in [0.1, 0.15) is 38.3 Å². The summed E-state index contributed by atoms with van der Waals surface area (Å²) in [5, 5.41) is 3.23. The predicted molar refractivity (Wildman–Crippen MR) is 75.4 cm³/mol. The Bertz CT molecular complexity index is 441. The normalized spacial score (nSPS) is 12.2. The molecule has 21 heavy (non-hydrogen) atoms. The number of hydrogen-bond acceptors (Lipinski definition) is 4. The summed E-state index contributed by atoms with van der Waals surface area (Å²) in [6.07, 6.45) is 1.03. The third kappa shape index (κ3) is 7.04. The molecule has 1 rings (SSSR count). The zero-order chi connectivity index (χ0) is 15.7. The maximum atomic E-state index is 12.2. The lowest BCUT2D eigenvalue weighted by atomic mass is 10.1. The van der Waals surface area contributed by atoms with Crippen LogP contribution in [-0.4, -0.2) is 25.7 Å². The van der Waals surface area contributed by atoms with Crippen LogP contribution in [0.2, 0.25) is 0 Å². The quantitative estimate of drug-likeness (QED) is 0.561. The molecule has 0 heterocycles. The first-order valence-corrected chi connectivity index (χ1v) is 6.96. The van der Waals surface area contributed by atoms with Crippen molar-refractivity contribution in [2.75, 3.05) is 13.2 Å². The Labute approximate surface area is 123 Å². The largest absolute Gasteiger partial charge is 0.466 e. The lowest BCUT2D eigenvalue weighted by Gasteiger charge is -2.15. The second-order valence-electron chi connectivity index (χ2n) is 4.54. The molecule has 0 saturated heterocycles. The van der Waals surface area contributed by atoms with Gasteiger partial charge in [-0.3, -0.25) is 4.79 Å². The highest BCUT2D eigenvalue weighted by atomic mass is 19.3. The average molecular weight is 301 g/mol. The number of benzene rings is 1. The third-order valence-corrected chi connectivity index (χ3v) is 2.90. The number of carbonyl (C=O) groups is 1. The van der Waals surface area contributed by atoms with Crippen LogP contribution in [0.3, 0.4) is 0 Å². The molecule has 0 fully saturated rings. The van der Waals surface area contributed by atoms with Gasteiger partial charge in [-0.15, -0.1) is 0 Å². The van der Waals surface area contributed by atoms with E-state index in [9.17, 15) is 13.6 Å². The van der Waals surface area contributed by atoms with Crippen molar-refractivity contribution in [3.63, 3.8) is 0 Å². The van der Waals surface area contributed by atoms with Crippen LogP contribution in [0.15, 0.2) is 24.3 Å². The number of hydrogen-bond donors (Lipinski definition) is 1. The van der Waals surface area contributed by atoms with Crippen molar-refractivity contribution < 1.29 is 23.0 Å². The monoisotopic (exact) mass is 301 g/mol. The lowest BCUT2D eigenvalue weighted by Crippen LogP contribution is -2.21. The van der Waals surface area contributed by atoms with E-state index in [2.05, 4.69) is 10.1 Å². The van der Waals surface area contributed by atoms with Crippen molar-refractivity contribution in [1.29, 1.82) is 0 Å². The minimum atomic E-state index is -2.83. The van der Waals surface area contributed by atoms with Gasteiger partial charge in [0.1, 0.15) is 5.75 Å². The molecule has 0 radical (unpaired) electrons. The molecule has 0 aliphatic rings. The number of esters is 1. The molecule has 4 nitrogen and oxygen atoms in total. The van der Waals surface area contributed by atoms with E-state index < -0.39 is 6.61 Å². The van der Waals surface area contributed by atoms with Gasteiger partial charge in [-0.25, -0.2) is 0 Å². The molecule has 1 unspecified atom stereocenters. The van der Waals surface area contributed by atoms with Gasteiger partial charge < -0.3 is 14.8 Å². The molecule has 1 aromatic carbocycles. The molecule has 0 aliphatic carbocycles. The highest BCUT2D eigenvalue weighted by Crippen LogP contribution is 2.20. The van der Waals surface area contributed by atoms with Crippen molar-refractivity contribution >= 4 is 5.97 Å². The molecule has 0 aromatic heterocycles. The number of rotatable bonds is 9. The van der Waals surface area contributed by atoms with Crippen LogP contribution in [0.25, 0.3) is 0 Å². The molecule has 1 aromatic rings. The molecule has 0 saturated carbocycles. The fourth-order valence-electron chi connectivity index (χ4n) is 1.86. The van der Waals surface area contributed by atoms with Crippen LogP contribution in [0.5, 0.6) is 5.75 Å². The van der Waals surface area contributed by atoms with E-state index in [0.29, 0.717) is 26.0 Å². The first kappa shape index (κ1) is 17.4. The van der Waals surface area contributed by atoms with Crippen molar-refractivity contribution in [2.45, 2.75) is 39.3 Å². The highest BCUT2D eigenvalue weighted by Gasteiger charge is 2.09. The zero-order valence-electron chi connectivity index (χ0n) is 12.3. The van der Waals surface area contributed by atoms with Gasteiger partial charge in [0, 0.05) is 12.5 Å². The van der Waals surface area contributed by atoms with Crippen LogP contribution < -0.4 is 10.1 Å². The van der Waals surface area contributed by atoms with Crippen LogP contribution in [-0.2, 0) is 9.53 Å². The first-order valence-electron chi connectivity index (χ1n) is 6.96. The maximum Gasteiger partial charge on any atom is 0.387 e. The maximum absolute atomic E-state index is 12.2. The summed E-state index contributed by atoms with van der Waals surface area (Å²) in [5.74, 6) is -0.0676. The second-order valence-corrected chi connectivity index (χ2v) is 4.54. The second kappa shape index (κ2) is 9.28. The first-order chi connectivity index (χ1) is 10.0. The van der Waals surface area contributed by atoms with Crippen molar-refractivity contribution in [3.05, 3.63) is 29.8 Å². The van der Waals surface area contributed by atoms with Gasteiger partial charge in [-0.2, -0.15) is 8.78 Å². The van der Waals surface area contributed by atoms with Gasteiger partial charge in [-0.05, 0) is 44.5 Å². The van der Waals surface area contributed by atoms with E-state index in [4.69, 9.17) is 4.74 Å². The van der Waals surface area contributed by atoms with Crippen LogP contribution >= 0.6 is 0 Å². The molecule has 118 valence electrons. The minimum absolute atomic E-state index is 0.0200.